The molecule has 0 radical (unpaired) electrons. The molecule has 1 fully saturated rings. The van der Waals surface area contributed by atoms with E-state index in [0.717, 1.165) is 0 Å². The van der Waals surface area contributed by atoms with Crippen LogP contribution in [0.3, 0.4) is 0 Å². The van der Waals surface area contributed by atoms with Crippen molar-refractivity contribution in [3.8, 4) is 6.07 Å². The van der Waals surface area contributed by atoms with E-state index in [1.54, 1.807) is 6.92 Å². The molecule has 15 heavy (non-hydrogen) atoms. The van der Waals surface area contributed by atoms with Crippen LogP contribution in [0.5, 0.6) is 0 Å². The van der Waals surface area contributed by atoms with E-state index in [2.05, 4.69) is 5.32 Å². The zero-order valence-electron chi connectivity index (χ0n) is 8.77. The summed E-state index contributed by atoms with van der Waals surface area (Å²) >= 11 is 0. The molecule has 5 nitrogen and oxygen atoms in total. The van der Waals surface area contributed by atoms with Gasteiger partial charge < -0.3 is 15.2 Å². The lowest BCUT2D eigenvalue weighted by atomic mass is 9.89. The highest BCUT2D eigenvalue weighted by atomic mass is 16.5. The number of nitrogens with zero attached hydrogens (tertiary/aromatic N) is 1. The van der Waals surface area contributed by atoms with E-state index < -0.39 is 6.10 Å². The van der Waals surface area contributed by atoms with E-state index in [1.165, 1.54) is 0 Å². The molecular weight excluding hydrogens is 196 g/mol. The Balaban J connectivity index is 2.47. The van der Waals surface area contributed by atoms with Gasteiger partial charge in [-0.25, -0.2) is 0 Å². The van der Waals surface area contributed by atoms with E-state index in [9.17, 15) is 9.90 Å². The third-order valence-electron chi connectivity index (χ3n) is 2.54. The average molecular weight is 212 g/mol. The number of nitriles is 1. The van der Waals surface area contributed by atoms with E-state index >= 15 is 0 Å². The number of ether oxygens (including phenoxy) is 1. The number of hydrogen-bond acceptors (Lipinski definition) is 5. The highest BCUT2D eigenvalue weighted by Gasteiger charge is 2.33. The van der Waals surface area contributed by atoms with E-state index in [0.29, 0.717) is 19.6 Å². The van der Waals surface area contributed by atoms with Crippen LogP contribution in [0.15, 0.2) is 0 Å². The number of carbonyl (C=O) groups excluding carboxylic acids is 1. The third kappa shape index (κ3) is 3.18. The van der Waals surface area contributed by atoms with Crippen molar-refractivity contribution in [2.24, 2.45) is 5.92 Å². The molecule has 0 aromatic rings. The van der Waals surface area contributed by atoms with Gasteiger partial charge >= 0.3 is 5.97 Å². The van der Waals surface area contributed by atoms with Gasteiger partial charge in [0, 0.05) is 6.04 Å². The van der Waals surface area contributed by atoms with E-state index in [1.807, 2.05) is 6.07 Å². The summed E-state index contributed by atoms with van der Waals surface area (Å²) in [5, 5.41) is 21.5. The molecule has 0 bridgehead atoms. The van der Waals surface area contributed by atoms with Gasteiger partial charge in [0.15, 0.2) is 0 Å². The smallest absolute Gasteiger partial charge is 0.307 e. The maximum atomic E-state index is 11.2. The highest BCUT2D eigenvalue weighted by Crippen LogP contribution is 2.18. The first-order chi connectivity index (χ1) is 7.19. The van der Waals surface area contributed by atoms with Crippen LogP contribution in [0.2, 0.25) is 0 Å². The SMILES string of the molecule is CCOC(=O)CC1NCCC(C#N)C1O. The van der Waals surface area contributed by atoms with Crippen molar-refractivity contribution in [1.82, 2.24) is 5.32 Å². The molecule has 3 atom stereocenters. The minimum atomic E-state index is -0.784. The summed E-state index contributed by atoms with van der Waals surface area (Å²) in [5.74, 6) is -0.724. The number of esters is 1. The summed E-state index contributed by atoms with van der Waals surface area (Å²) in [7, 11) is 0. The van der Waals surface area contributed by atoms with Crippen LogP contribution in [0.25, 0.3) is 0 Å². The number of piperidine rings is 1. The van der Waals surface area contributed by atoms with Gasteiger partial charge in [-0.15, -0.1) is 0 Å². The summed E-state index contributed by atoms with van der Waals surface area (Å²) in [6, 6.07) is 1.69. The van der Waals surface area contributed by atoms with Gasteiger partial charge in [-0.1, -0.05) is 0 Å². The lowest BCUT2D eigenvalue weighted by molar-refractivity contribution is -0.144. The van der Waals surface area contributed by atoms with E-state index in [-0.39, 0.29) is 24.3 Å². The fourth-order valence-electron chi connectivity index (χ4n) is 1.73. The molecule has 5 heteroatoms. The Kier molecular flexibility index (Phi) is 4.53. The summed E-state index contributed by atoms with van der Waals surface area (Å²) < 4.78 is 4.79. The van der Waals surface area contributed by atoms with Crippen molar-refractivity contribution in [2.45, 2.75) is 31.9 Å². The molecule has 84 valence electrons. The molecule has 1 heterocycles. The third-order valence-corrected chi connectivity index (χ3v) is 2.54. The van der Waals surface area contributed by atoms with Crippen molar-refractivity contribution in [3.63, 3.8) is 0 Å². The maximum Gasteiger partial charge on any atom is 0.307 e. The summed E-state index contributed by atoms with van der Waals surface area (Å²) in [6.07, 6.45) is -0.0439. The Hall–Kier alpha value is -1.12. The van der Waals surface area contributed by atoms with Crippen LogP contribution >= 0.6 is 0 Å². The molecule has 2 N–H and O–H groups in total. The van der Waals surface area contributed by atoms with Gasteiger partial charge in [-0.05, 0) is 19.9 Å². The lowest BCUT2D eigenvalue weighted by Gasteiger charge is -2.31. The first-order valence-corrected chi connectivity index (χ1v) is 5.15. The second-order valence-corrected chi connectivity index (χ2v) is 3.58. The Morgan fingerprint density at radius 2 is 2.47 bits per heavy atom. The summed E-state index contributed by atoms with van der Waals surface area (Å²) in [5.41, 5.74) is 0. The molecule has 0 saturated carbocycles. The monoisotopic (exact) mass is 212 g/mol. The molecule has 0 aliphatic carbocycles. The largest absolute Gasteiger partial charge is 0.466 e. The van der Waals surface area contributed by atoms with Crippen LogP contribution in [-0.2, 0) is 9.53 Å². The van der Waals surface area contributed by atoms with Crippen LogP contribution in [-0.4, -0.2) is 36.4 Å². The Morgan fingerprint density at radius 3 is 3.07 bits per heavy atom. The van der Waals surface area contributed by atoms with Crippen LogP contribution < -0.4 is 5.32 Å². The molecular formula is C10H16N2O3. The number of carbonyl (C=O) groups is 1. The molecule has 1 saturated heterocycles. The number of rotatable bonds is 3. The quantitative estimate of drug-likeness (QED) is 0.633. The zero-order valence-corrected chi connectivity index (χ0v) is 8.77. The second-order valence-electron chi connectivity index (χ2n) is 3.58. The molecule has 1 aliphatic rings. The number of nitrogens with one attached hydrogen (secondary N) is 1. The van der Waals surface area contributed by atoms with Crippen LogP contribution in [0.4, 0.5) is 0 Å². The Labute approximate surface area is 89.0 Å². The minimum absolute atomic E-state index is 0.118. The van der Waals surface area contributed by atoms with E-state index in [4.69, 9.17) is 10.00 Å². The van der Waals surface area contributed by atoms with Gasteiger partial charge in [0.05, 0.1) is 31.1 Å². The molecule has 1 aliphatic heterocycles. The Bertz CT molecular complexity index is 262. The summed E-state index contributed by atoms with van der Waals surface area (Å²) in [4.78, 5) is 11.2. The van der Waals surface area contributed by atoms with Gasteiger partial charge in [-0.2, -0.15) is 5.26 Å². The molecule has 0 amide bonds. The highest BCUT2D eigenvalue weighted by molar-refractivity contribution is 5.70. The Morgan fingerprint density at radius 1 is 1.73 bits per heavy atom. The molecule has 0 aromatic carbocycles. The van der Waals surface area contributed by atoms with Gasteiger partial charge in [0.1, 0.15) is 0 Å². The number of aliphatic hydroxyl groups excluding tert-OH is 1. The zero-order chi connectivity index (χ0) is 11.3. The topological polar surface area (TPSA) is 82.3 Å². The number of aliphatic hydroxyl groups is 1. The molecule has 1 rings (SSSR count). The van der Waals surface area contributed by atoms with Crippen molar-refractivity contribution >= 4 is 5.97 Å². The standard InChI is InChI=1S/C10H16N2O3/c1-2-15-9(13)5-8-10(14)7(6-11)3-4-12-8/h7-8,10,12,14H,2-5H2,1H3. The summed E-state index contributed by atoms with van der Waals surface area (Å²) in [6.45, 7) is 2.73. The lowest BCUT2D eigenvalue weighted by Crippen LogP contribution is -2.50. The maximum absolute atomic E-state index is 11.2. The van der Waals surface area contributed by atoms with Crippen molar-refractivity contribution < 1.29 is 14.6 Å². The minimum Gasteiger partial charge on any atom is -0.466 e. The molecule has 3 unspecified atom stereocenters. The van der Waals surface area contributed by atoms with Crippen LogP contribution in [0.1, 0.15) is 19.8 Å². The number of hydrogen-bond donors (Lipinski definition) is 2. The fraction of sp³-hybridized carbons (Fsp3) is 0.800. The van der Waals surface area contributed by atoms with Crippen molar-refractivity contribution in [2.75, 3.05) is 13.2 Å². The predicted octanol–water partition coefficient (Wildman–Crippen LogP) is -0.198. The second kappa shape index (κ2) is 5.69. The predicted molar refractivity (Wildman–Crippen MR) is 52.8 cm³/mol. The van der Waals surface area contributed by atoms with Crippen molar-refractivity contribution in [1.29, 1.82) is 5.26 Å². The van der Waals surface area contributed by atoms with Gasteiger partial charge in [0.2, 0.25) is 0 Å². The normalized spacial score (nSPS) is 30.6. The molecule has 0 spiro atoms. The molecule has 0 aromatic heterocycles. The fourth-order valence-corrected chi connectivity index (χ4v) is 1.73. The average Bonchev–Trinajstić information content (AvgIpc) is 2.21. The first kappa shape index (κ1) is 12.0. The van der Waals surface area contributed by atoms with Crippen molar-refractivity contribution in [3.05, 3.63) is 0 Å². The van der Waals surface area contributed by atoms with Crippen LogP contribution in [0, 0.1) is 17.2 Å². The van der Waals surface area contributed by atoms with Gasteiger partial charge in [-0.3, -0.25) is 4.79 Å². The first-order valence-electron chi connectivity index (χ1n) is 5.15. The van der Waals surface area contributed by atoms with Gasteiger partial charge in [0.25, 0.3) is 0 Å².